The van der Waals surface area contributed by atoms with Crippen LogP contribution in [0.1, 0.15) is 12.5 Å². The minimum atomic E-state index is -1.09. The number of hydrogen-bond acceptors (Lipinski definition) is 2. The Balaban J connectivity index is 3.18. The van der Waals surface area contributed by atoms with Crippen molar-refractivity contribution in [3.05, 3.63) is 28.0 Å². The molecule has 1 aromatic rings. The predicted molar refractivity (Wildman–Crippen MR) is 56.6 cm³/mol. The zero-order valence-corrected chi connectivity index (χ0v) is 9.67. The molecule has 82 valence electrons. The fraction of sp³-hybridized carbons (Fsp3) is 0.300. The Morgan fingerprint density at radius 2 is 2.27 bits per heavy atom. The number of halogens is 2. The van der Waals surface area contributed by atoms with Crippen LogP contribution in [0.3, 0.4) is 0 Å². The molecule has 0 aliphatic carbocycles. The summed E-state index contributed by atoms with van der Waals surface area (Å²) in [4.78, 5) is 10.6. The van der Waals surface area contributed by atoms with Gasteiger partial charge in [0.2, 0.25) is 0 Å². The van der Waals surface area contributed by atoms with Gasteiger partial charge in [-0.1, -0.05) is 0 Å². The minimum Gasteiger partial charge on any atom is -0.492 e. The van der Waals surface area contributed by atoms with E-state index in [4.69, 9.17) is 9.84 Å². The molecular formula is C10H10BrFO3. The smallest absolute Gasteiger partial charge is 0.308 e. The van der Waals surface area contributed by atoms with Gasteiger partial charge in [0, 0.05) is 5.56 Å². The lowest BCUT2D eigenvalue weighted by atomic mass is 10.1. The first-order chi connectivity index (χ1) is 7.06. The van der Waals surface area contributed by atoms with Crippen LogP contribution in [0.5, 0.6) is 5.75 Å². The van der Waals surface area contributed by atoms with E-state index in [0.29, 0.717) is 11.1 Å². The van der Waals surface area contributed by atoms with Crippen molar-refractivity contribution in [2.75, 3.05) is 6.61 Å². The summed E-state index contributed by atoms with van der Waals surface area (Å²) in [5, 5.41) is 8.64. The Bertz CT molecular complexity index is 379. The summed E-state index contributed by atoms with van der Waals surface area (Å²) in [5.74, 6) is -1.39. The van der Waals surface area contributed by atoms with Gasteiger partial charge in [0.25, 0.3) is 0 Å². The van der Waals surface area contributed by atoms with E-state index >= 15 is 0 Å². The average Bonchev–Trinajstić information content (AvgIpc) is 2.17. The Labute approximate surface area is 95.0 Å². The van der Waals surface area contributed by atoms with Gasteiger partial charge in [0.1, 0.15) is 11.6 Å². The molecule has 3 nitrogen and oxygen atoms in total. The summed E-state index contributed by atoms with van der Waals surface area (Å²) >= 11 is 3.19. The van der Waals surface area contributed by atoms with Crippen molar-refractivity contribution in [3.8, 4) is 5.75 Å². The average molecular weight is 277 g/mol. The molecule has 0 heterocycles. The molecule has 0 fully saturated rings. The van der Waals surface area contributed by atoms with Crippen LogP contribution in [0.15, 0.2) is 16.6 Å². The Morgan fingerprint density at radius 3 is 2.80 bits per heavy atom. The maximum atomic E-state index is 13.3. The quantitative estimate of drug-likeness (QED) is 0.920. The highest BCUT2D eigenvalue weighted by Gasteiger charge is 2.16. The topological polar surface area (TPSA) is 46.5 Å². The van der Waals surface area contributed by atoms with E-state index in [2.05, 4.69) is 15.9 Å². The Hall–Kier alpha value is -1.10. The SMILES string of the molecule is CCOc1c(Br)ccc(F)c1CC(=O)O. The highest BCUT2D eigenvalue weighted by molar-refractivity contribution is 9.10. The van der Waals surface area contributed by atoms with Gasteiger partial charge in [-0.3, -0.25) is 4.79 Å². The summed E-state index contributed by atoms with van der Waals surface area (Å²) in [6, 6.07) is 2.70. The number of carboxylic acid groups (broad SMARTS) is 1. The number of hydrogen-bond donors (Lipinski definition) is 1. The third-order valence-corrected chi connectivity index (χ3v) is 2.40. The van der Waals surface area contributed by atoms with Crippen LogP contribution >= 0.6 is 15.9 Å². The molecule has 0 aliphatic rings. The molecule has 1 rings (SSSR count). The van der Waals surface area contributed by atoms with Crippen molar-refractivity contribution >= 4 is 21.9 Å². The predicted octanol–water partition coefficient (Wildman–Crippen LogP) is 2.61. The molecule has 5 heteroatoms. The van der Waals surface area contributed by atoms with Gasteiger partial charge in [-0.15, -0.1) is 0 Å². The van der Waals surface area contributed by atoms with Gasteiger partial charge in [-0.05, 0) is 35.0 Å². The largest absolute Gasteiger partial charge is 0.492 e. The number of carboxylic acids is 1. The van der Waals surface area contributed by atoms with E-state index in [1.807, 2.05) is 0 Å². The van der Waals surface area contributed by atoms with Gasteiger partial charge < -0.3 is 9.84 Å². The highest BCUT2D eigenvalue weighted by Crippen LogP contribution is 2.31. The molecule has 0 spiro atoms. The van der Waals surface area contributed by atoms with Crippen LogP contribution < -0.4 is 4.74 Å². The monoisotopic (exact) mass is 276 g/mol. The van der Waals surface area contributed by atoms with E-state index in [1.165, 1.54) is 12.1 Å². The van der Waals surface area contributed by atoms with Gasteiger partial charge in [0.15, 0.2) is 0 Å². The summed E-state index contributed by atoms with van der Waals surface area (Å²) < 4.78 is 19.1. The normalized spacial score (nSPS) is 10.1. The molecule has 15 heavy (non-hydrogen) atoms. The molecule has 1 aromatic carbocycles. The van der Waals surface area contributed by atoms with Crippen molar-refractivity contribution in [2.24, 2.45) is 0 Å². The molecule has 0 saturated carbocycles. The lowest BCUT2D eigenvalue weighted by Crippen LogP contribution is -2.06. The molecule has 0 bridgehead atoms. The van der Waals surface area contributed by atoms with Crippen LogP contribution in [-0.4, -0.2) is 17.7 Å². The number of rotatable bonds is 4. The molecule has 0 aliphatic heterocycles. The zero-order valence-electron chi connectivity index (χ0n) is 8.09. The molecule has 0 atom stereocenters. The number of aliphatic carboxylic acids is 1. The van der Waals surface area contributed by atoms with Crippen molar-refractivity contribution in [1.29, 1.82) is 0 Å². The van der Waals surface area contributed by atoms with Gasteiger partial charge in [-0.2, -0.15) is 0 Å². The van der Waals surface area contributed by atoms with E-state index in [0.717, 1.165) is 0 Å². The Kier molecular flexibility index (Phi) is 4.08. The number of ether oxygens (including phenoxy) is 1. The van der Waals surface area contributed by atoms with Crippen molar-refractivity contribution < 1.29 is 19.0 Å². The van der Waals surface area contributed by atoms with Crippen molar-refractivity contribution in [1.82, 2.24) is 0 Å². The second-order valence-electron chi connectivity index (χ2n) is 2.84. The van der Waals surface area contributed by atoms with Crippen LogP contribution in [0.2, 0.25) is 0 Å². The molecule has 0 unspecified atom stereocenters. The summed E-state index contributed by atoms with van der Waals surface area (Å²) in [7, 11) is 0. The fourth-order valence-corrected chi connectivity index (χ4v) is 1.68. The van der Waals surface area contributed by atoms with E-state index in [9.17, 15) is 9.18 Å². The second kappa shape index (κ2) is 5.11. The number of carbonyl (C=O) groups is 1. The van der Waals surface area contributed by atoms with Crippen molar-refractivity contribution in [2.45, 2.75) is 13.3 Å². The minimum absolute atomic E-state index is 0.0683. The maximum Gasteiger partial charge on any atom is 0.308 e. The highest BCUT2D eigenvalue weighted by atomic mass is 79.9. The summed E-state index contributed by atoms with van der Waals surface area (Å²) in [6.45, 7) is 2.11. The van der Waals surface area contributed by atoms with E-state index < -0.39 is 11.8 Å². The summed E-state index contributed by atoms with van der Waals surface area (Å²) in [6.07, 6.45) is -0.388. The van der Waals surface area contributed by atoms with Crippen LogP contribution in [-0.2, 0) is 11.2 Å². The third kappa shape index (κ3) is 2.92. The summed E-state index contributed by atoms with van der Waals surface area (Å²) in [5.41, 5.74) is 0.0683. The lowest BCUT2D eigenvalue weighted by molar-refractivity contribution is -0.136. The van der Waals surface area contributed by atoms with Crippen LogP contribution in [0.4, 0.5) is 4.39 Å². The van der Waals surface area contributed by atoms with Crippen LogP contribution in [0, 0.1) is 5.82 Å². The molecular weight excluding hydrogens is 267 g/mol. The Morgan fingerprint density at radius 1 is 1.60 bits per heavy atom. The van der Waals surface area contributed by atoms with E-state index in [1.54, 1.807) is 6.92 Å². The molecule has 0 radical (unpaired) electrons. The van der Waals surface area contributed by atoms with Gasteiger partial charge in [-0.25, -0.2) is 4.39 Å². The maximum absolute atomic E-state index is 13.3. The molecule has 0 aromatic heterocycles. The first-order valence-corrected chi connectivity index (χ1v) is 5.17. The van der Waals surface area contributed by atoms with E-state index in [-0.39, 0.29) is 17.7 Å². The molecule has 1 N–H and O–H groups in total. The first-order valence-electron chi connectivity index (χ1n) is 4.37. The van der Waals surface area contributed by atoms with Crippen molar-refractivity contribution in [3.63, 3.8) is 0 Å². The standard InChI is InChI=1S/C10H10BrFO3/c1-2-15-10-6(5-9(13)14)8(12)4-3-7(10)11/h3-4H,2,5H2,1H3,(H,13,14). The fourth-order valence-electron chi connectivity index (χ4n) is 1.19. The van der Waals surface area contributed by atoms with Gasteiger partial charge in [0.05, 0.1) is 17.5 Å². The second-order valence-corrected chi connectivity index (χ2v) is 3.69. The third-order valence-electron chi connectivity index (χ3n) is 1.77. The van der Waals surface area contributed by atoms with Crippen LogP contribution in [0.25, 0.3) is 0 Å². The lowest BCUT2D eigenvalue weighted by Gasteiger charge is -2.11. The number of benzene rings is 1. The van der Waals surface area contributed by atoms with Gasteiger partial charge >= 0.3 is 5.97 Å². The molecule has 0 saturated heterocycles. The first kappa shape index (κ1) is 12.0. The molecule has 0 amide bonds. The zero-order chi connectivity index (χ0) is 11.4.